The lowest BCUT2D eigenvalue weighted by atomic mass is 10.0. The van der Waals surface area contributed by atoms with Crippen molar-refractivity contribution >= 4 is 22.9 Å². The Hall–Kier alpha value is -3.03. The maximum atomic E-state index is 12.8. The predicted molar refractivity (Wildman–Crippen MR) is 123 cm³/mol. The van der Waals surface area contributed by atoms with E-state index in [0.29, 0.717) is 29.2 Å². The van der Waals surface area contributed by atoms with Crippen molar-refractivity contribution in [3.05, 3.63) is 42.5 Å². The highest BCUT2D eigenvalue weighted by molar-refractivity contribution is 5.83. The fraction of sp³-hybridized carbons (Fsp3) is 0.455. The van der Waals surface area contributed by atoms with Gasteiger partial charge in [-0.3, -0.25) is 9.36 Å². The summed E-state index contributed by atoms with van der Waals surface area (Å²) < 4.78 is 12.6. The van der Waals surface area contributed by atoms with E-state index in [1.165, 1.54) is 12.7 Å². The van der Waals surface area contributed by atoms with Crippen LogP contribution in [0.5, 0.6) is 5.75 Å². The number of carbonyl (C=O) groups excluding carboxylic acids is 1. The first kappa shape index (κ1) is 26.6. The molecule has 0 saturated carbocycles. The molecule has 0 bridgehead atoms. The van der Waals surface area contributed by atoms with E-state index in [1.807, 2.05) is 26.2 Å². The molecular formula is C22H29ClN7O5-. The molecule has 5 N–H and O–H groups in total. The van der Waals surface area contributed by atoms with Crippen molar-refractivity contribution in [2.24, 2.45) is 5.73 Å². The number of ether oxygens (including phenoxy) is 2. The maximum absolute atomic E-state index is 12.8. The van der Waals surface area contributed by atoms with Gasteiger partial charge in [-0.2, -0.15) is 0 Å². The highest BCUT2D eigenvalue weighted by Gasteiger charge is 2.46. The Kier molecular flexibility index (Phi) is 8.46. The molecule has 12 nitrogen and oxygen atoms in total. The van der Waals surface area contributed by atoms with Crippen molar-refractivity contribution in [1.82, 2.24) is 24.8 Å². The lowest BCUT2D eigenvalue weighted by molar-refractivity contribution is -0.124. The van der Waals surface area contributed by atoms with Gasteiger partial charge < -0.3 is 48.0 Å². The molecule has 0 spiro atoms. The number of imidazole rings is 1. The molecule has 0 aliphatic carbocycles. The minimum Gasteiger partial charge on any atom is -1.00 e. The van der Waals surface area contributed by atoms with Crippen LogP contribution in [0.25, 0.3) is 11.2 Å². The summed E-state index contributed by atoms with van der Waals surface area (Å²) in [7, 11) is 5.25. The number of nitrogens with two attached hydrogens (primary N) is 1. The van der Waals surface area contributed by atoms with Gasteiger partial charge >= 0.3 is 0 Å². The summed E-state index contributed by atoms with van der Waals surface area (Å²) in [6.07, 6.45) is 0.250. The molecule has 4 rings (SSSR count). The van der Waals surface area contributed by atoms with Crippen LogP contribution in [-0.4, -0.2) is 87.7 Å². The third-order valence-corrected chi connectivity index (χ3v) is 5.85. The quantitative estimate of drug-likeness (QED) is 0.238. The molecule has 1 saturated heterocycles. The predicted octanol–water partition coefficient (Wildman–Crippen LogP) is -3.79. The van der Waals surface area contributed by atoms with Gasteiger partial charge in [0.2, 0.25) is 5.91 Å². The Labute approximate surface area is 208 Å². The van der Waals surface area contributed by atoms with E-state index in [9.17, 15) is 15.0 Å². The number of methoxy groups -OCH3 is 1. The number of hydrogen-bond acceptors (Lipinski definition) is 10. The summed E-state index contributed by atoms with van der Waals surface area (Å²) in [5.41, 5.74) is 7.98. The van der Waals surface area contributed by atoms with Crippen LogP contribution >= 0.6 is 0 Å². The summed E-state index contributed by atoms with van der Waals surface area (Å²) >= 11 is 0. The van der Waals surface area contributed by atoms with Gasteiger partial charge in [0.1, 0.15) is 24.3 Å². The molecule has 3 aromatic rings. The first-order valence-electron chi connectivity index (χ1n) is 10.8. The molecule has 0 unspecified atom stereocenters. The fourth-order valence-corrected chi connectivity index (χ4v) is 4.04. The van der Waals surface area contributed by atoms with Crippen LogP contribution in [-0.2, 0) is 16.0 Å². The maximum Gasteiger partial charge on any atom is 0.237 e. The van der Waals surface area contributed by atoms with E-state index in [-0.39, 0.29) is 12.4 Å². The highest BCUT2D eigenvalue weighted by atomic mass is 35.5. The van der Waals surface area contributed by atoms with Gasteiger partial charge in [-0.15, -0.1) is 0 Å². The van der Waals surface area contributed by atoms with Crippen molar-refractivity contribution in [1.29, 1.82) is 0 Å². The van der Waals surface area contributed by atoms with Gasteiger partial charge in [-0.1, -0.05) is 12.1 Å². The summed E-state index contributed by atoms with van der Waals surface area (Å²) in [6.45, 7) is -0.406. The third kappa shape index (κ3) is 5.31. The lowest BCUT2D eigenvalue weighted by Gasteiger charge is -2.23. The molecule has 5 atom stereocenters. The van der Waals surface area contributed by atoms with E-state index in [2.05, 4.69) is 20.3 Å². The first-order valence-corrected chi connectivity index (χ1v) is 10.8. The Balaban J connectivity index is 0.00000342. The smallest absolute Gasteiger partial charge is 0.237 e. The molecule has 35 heavy (non-hydrogen) atoms. The molecule has 0 radical (unpaired) electrons. The second-order valence-electron chi connectivity index (χ2n) is 8.35. The van der Waals surface area contributed by atoms with Crippen molar-refractivity contribution in [3.63, 3.8) is 0 Å². The van der Waals surface area contributed by atoms with Crippen LogP contribution < -0.4 is 33.1 Å². The van der Waals surface area contributed by atoms with E-state index < -0.39 is 43.0 Å². The number of benzene rings is 1. The second kappa shape index (κ2) is 11.1. The van der Waals surface area contributed by atoms with Crippen LogP contribution in [0.1, 0.15) is 11.8 Å². The van der Waals surface area contributed by atoms with E-state index >= 15 is 0 Å². The molecule has 3 heterocycles. The monoisotopic (exact) mass is 506 g/mol. The molecule has 190 valence electrons. The molecule has 1 aromatic carbocycles. The number of aromatic nitrogens is 4. The zero-order valence-electron chi connectivity index (χ0n) is 19.6. The van der Waals surface area contributed by atoms with Crippen LogP contribution in [0.4, 0.5) is 5.82 Å². The van der Waals surface area contributed by atoms with Gasteiger partial charge in [-0.25, -0.2) is 15.0 Å². The van der Waals surface area contributed by atoms with Crippen molar-refractivity contribution in [3.8, 4) is 5.75 Å². The summed E-state index contributed by atoms with van der Waals surface area (Å²) in [5.74, 6) is 0.861. The molecule has 13 heteroatoms. The summed E-state index contributed by atoms with van der Waals surface area (Å²) in [6, 6.07) is 5.52. The number of fused-ring (bicyclic) bond motifs is 1. The number of nitrogens with zero attached hydrogens (tertiary/aromatic N) is 5. The molecule has 1 amide bonds. The Morgan fingerprint density at radius 2 is 2.00 bits per heavy atom. The zero-order chi connectivity index (χ0) is 24.4. The Morgan fingerprint density at radius 1 is 1.29 bits per heavy atom. The largest absolute Gasteiger partial charge is 1.00 e. The van der Waals surface area contributed by atoms with Crippen LogP contribution in [0.2, 0.25) is 0 Å². The number of amides is 1. The molecular weight excluding hydrogens is 478 g/mol. The average molecular weight is 507 g/mol. The van der Waals surface area contributed by atoms with E-state index in [1.54, 1.807) is 28.7 Å². The summed E-state index contributed by atoms with van der Waals surface area (Å²) in [4.78, 5) is 27.5. The van der Waals surface area contributed by atoms with Crippen molar-refractivity contribution in [2.45, 2.75) is 36.9 Å². The van der Waals surface area contributed by atoms with Crippen LogP contribution in [0.3, 0.4) is 0 Å². The van der Waals surface area contributed by atoms with Gasteiger partial charge in [0.15, 0.2) is 23.2 Å². The normalized spacial score (nSPS) is 22.5. The average Bonchev–Trinajstić information content (AvgIpc) is 3.40. The van der Waals surface area contributed by atoms with Gasteiger partial charge in [0.05, 0.1) is 32.1 Å². The number of aliphatic hydroxyl groups is 2. The Morgan fingerprint density at radius 3 is 2.63 bits per heavy atom. The molecule has 1 fully saturated rings. The number of anilines is 1. The number of rotatable bonds is 8. The van der Waals surface area contributed by atoms with Gasteiger partial charge in [-0.05, 0) is 24.1 Å². The SMILES string of the molecule is COc1ccc(C[C@H](N)C(=O)N[C@H]2[C@@H](O)[C@H](n3cnc4c(N(C)C)ncnc43)O[C@@H]2CO)cc1.[Cl-]. The van der Waals surface area contributed by atoms with Gasteiger partial charge in [0.25, 0.3) is 0 Å². The topological polar surface area (TPSA) is 161 Å². The standard InChI is InChI=1S/C22H29N7O5.ClH/c1-28(2)19-17-20(25-10-24-19)29(11-26-17)22-18(31)16(15(9-30)34-22)27-21(32)14(23)8-12-4-6-13(33-3)7-5-12;/h4-7,10-11,14-16,18,22,30-31H,8-9,23H2,1-3H3,(H,27,32);1H/p-1/t14-,15+,16+,18+,22+;/m0./s1. The van der Waals surface area contributed by atoms with E-state index in [4.69, 9.17) is 15.2 Å². The minimum atomic E-state index is -1.18. The first-order chi connectivity index (χ1) is 16.3. The van der Waals surface area contributed by atoms with Gasteiger partial charge in [0, 0.05) is 14.1 Å². The molecule has 1 aliphatic heterocycles. The van der Waals surface area contributed by atoms with E-state index in [0.717, 1.165) is 5.56 Å². The van der Waals surface area contributed by atoms with Crippen molar-refractivity contribution < 1.29 is 36.9 Å². The Bertz CT molecular complexity index is 1140. The van der Waals surface area contributed by atoms with Crippen molar-refractivity contribution in [2.75, 3.05) is 32.7 Å². The number of halogens is 1. The lowest BCUT2D eigenvalue weighted by Crippen LogP contribution is -3.00. The highest BCUT2D eigenvalue weighted by Crippen LogP contribution is 2.32. The number of carbonyl (C=O) groups is 1. The summed E-state index contributed by atoms with van der Waals surface area (Å²) in [5, 5.41) is 23.6. The minimum absolute atomic E-state index is 0. The molecule has 2 aromatic heterocycles. The number of nitrogens with one attached hydrogen (secondary N) is 1. The van der Waals surface area contributed by atoms with Crippen LogP contribution in [0, 0.1) is 0 Å². The molecule has 1 aliphatic rings. The third-order valence-electron chi connectivity index (χ3n) is 5.85. The second-order valence-corrected chi connectivity index (χ2v) is 8.35. The number of aliphatic hydroxyl groups excluding tert-OH is 2. The number of hydrogen-bond donors (Lipinski definition) is 4. The van der Waals surface area contributed by atoms with Crippen LogP contribution in [0.15, 0.2) is 36.9 Å². The zero-order valence-corrected chi connectivity index (χ0v) is 20.3. The fourth-order valence-electron chi connectivity index (χ4n) is 4.04.